The molecule has 1 fully saturated rings. The van der Waals surface area contributed by atoms with Gasteiger partial charge in [0.15, 0.2) is 5.17 Å². The fraction of sp³-hybridized carbons (Fsp3) is 0.238. The Hall–Kier alpha value is -2.92. The van der Waals surface area contributed by atoms with Gasteiger partial charge in [0, 0.05) is 12.1 Å². The minimum Gasteiger partial charge on any atom is -0.495 e. The zero-order valence-corrected chi connectivity index (χ0v) is 18.6. The van der Waals surface area contributed by atoms with Crippen molar-refractivity contribution in [3.63, 3.8) is 0 Å². The smallest absolute Gasteiger partial charge is 0.241 e. The van der Waals surface area contributed by atoms with Gasteiger partial charge in [0.25, 0.3) is 0 Å². The molecule has 11 heteroatoms. The van der Waals surface area contributed by atoms with Crippen molar-refractivity contribution in [2.75, 3.05) is 18.6 Å². The van der Waals surface area contributed by atoms with E-state index in [9.17, 15) is 4.79 Å². The number of fused-ring (bicyclic) bond motifs is 1. The van der Waals surface area contributed by atoms with Crippen molar-refractivity contribution < 1.29 is 14.1 Å². The summed E-state index contributed by atoms with van der Waals surface area (Å²) in [6.07, 6.45) is -0.336. The van der Waals surface area contributed by atoms with Crippen molar-refractivity contribution >= 4 is 40.1 Å². The molecule has 2 aliphatic rings. The first kappa shape index (κ1) is 21.0. The number of amides is 1. The topological polar surface area (TPSA) is 105 Å². The molecule has 0 spiro atoms. The number of aliphatic imine (C=N–C) groups is 1. The van der Waals surface area contributed by atoms with E-state index in [1.54, 1.807) is 30.2 Å². The fourth-order valence-corrected chi connectivity index (χ4v) is 4.68. The molecule has 2 N–H and O–H groups in total. The molecule has 0 bridgehead atoms. The molecule has 2 aliphatic heterocycles. The molecule has 0 aliphatic carbocycles. The molecule has 1 saturated heterocycles. The van der Waals surface area contributed by atoms with Gasteiger partial charge in [-0.25, -0.2) is 10.4 Å². The number of rotatable bonds is 5. The summed E-state index contributed by atoms with van der Waals surface area (Å²) in [6, 6.07) is 14.8. The molecule has 2 unspecified atom stereocenters. The van der Waals surface area contributed by atoms with Crippen LogP contribution in [0, 0.1) is 5.92 Å². The van der Waals surface area contributed by atoms with Crippen molar-refractivity contribution in [1.29, 1.82) is 0 Å². The number of amidine groups is 1. The van der Waals surface area contributed by atoms with E-state index in [0.29, 0.717) is 45.6 Å². The zero-order chi connectivity index (χ0) is 22.1. The normalized spacial score (nSPS) is 20.2. The minimum absolute atomic E-state index is 0.0678. The molecule has 3 heterocycles. The van der Waals surface area contributed by atoms with Gasteiger partial charge in [0.2, 0.25) is 17.6 Å². The second-order valence-corrected chi connectivity index (χ2v) is 8.50. The highest BCUT2D eigenvalue weighted by Gasteiger charge is 2.42. The maximum absolute atomic E-state index is 13.3. The molecule has 9 nitrogen and oxygen atoms in total. The van der Waals surface area contributed by atoms with Crippen molar-refractivity contribution in [3.05, 3.63) is 59.4 Å². The summed E-state index contributed by atoms with van der Waals surface area (Å²) < 4.78 is 10.6. The van der Waals surface area contributed by atoms with E-state index < -0.39 is 0 Å². The number of nitrogens with zero attached hydrogens (tertiary/aromatic N) is 4. The molecule has 164 valence electrons. The van der Waals surface area contributed by atoms with Crippen LogP contribution in [0.4, 0.5) is 5.69 Å². The summed E-state index contributed by atoms with van der Waals surface area (Å²) in [5.41, 5.74) is 7.55. The first-order valence-corrected chi connectivity index (χ1v) is 11.2. The Balaban J connectivity index is 1.41. The Morgan fingerprint density at radius 1 is 1.28 bits per heavy atom. The standard InChI is InChI=1S/C21H19ClN6O3S/c1-30-16-8-7-13(9-15(16)22)28-20(29)14-10-23-26-19(14)25-21(28)32-11-17-24-18(27-31-17)12-5-3-2-4-6-12/h2-9,14,19,23,26H,10-11H2,1H3. The Kier molecular flexibility index (Phi) is 5.83. The average Bonchev–Trinajstić information content (AvgIpc) is 3.48. The highest BCUT2D eigenvalue weighted by Crippen LogP contribution is 2.34. The molecule has 3 aromatic rings. The largest absolute Gasteiger partial charge is 0.495 e. The van der Waals surface area contributed by atoms with Crippen molar-refractivity contribution in [3.8, 4) is 17.1 Å². The van der Waals surface area contributed by atoms with Gasteiger partial charge < -0.3 is 9.26 Å². The predicted molar refractivity (Wildman–Crippen MR) is 122 cm³/mol. The van der Waals surface area contributed by atoms with E-state index in [-0.39, 0.29) is 18.0 Å². The number of ether oxygens (including phenoxy) is 1. The third-order valence-corrected chi connectivity index (χ3v) is 6.38. The molecular weight excluding hydrogens is 452 g/mol. The SMILES string of the molecule is COc1ccc(N2C(=O)C3CNNC3N=C2SCc2nc(-c3ccccc3)no2)cc1Cl. The molecule has 5 rings (SSSR count). The maximum Gasteiger partial charge on any atom is 0.241 e. The summed E-state index contributed by atoms with van der Waals surface area (Å²) in [4.78, 5) is 24.1. The van der Waals surface area contributed by atoms with Crippen molar-refractivity contribution in [2.45, 2.75) is 11.9 Å². The number of nitrogens with one attached hydrogen (secondary N) is 2. The van der Waals surface area contributed by atoms with Gasteiger partial charge in [-0.15, -0.1) is 0 Å². The summed E-state index contributed by atoms with van der Waals surface area (Å²) in [5.74, 6) is 1.47. The number of aromatic nitrogens is 2. The van der Waals surface area contributed by atoms with Gasteiger partial charge in [-0.05, 0) is 18.2 Å². The minimum atomic E-state index is -0.336. The summed E-state index contributed by atoms with van der Waals surface area (Å²) >= 11 is 7.67. The molecule has 2 aromatic carbocycles. The van der Waals surface area contributed by atoms with E-state index in [0.717, 1.165) is 5.56 Å². The monoisotopic (exact) mass is 470 g/mol. The average molecular weight is 471 g/mol. The number of hydrogen-bond acceptors (Lipinski definition) is 9. The number of carbonyl (C=O) groups is 1. The Morgan fingerprint density at radius 2 is 2.12 bits per heavy atom. The zero-order valence-electron chi connectivity index (χ0n) is 17.0. The molecule has 1 aromatic heterocycles. The van der Waals surface area contributed by atoms with Crippen molar-refractivity contribution in [2.24, 2.45) is 10.9 Å². The van der Waals surface area contributed by atoms with Crippen LogP contribution in [0.2, 0.25) is 5.02 Å². The number of benzene rings is 2. The van der Waals surface area contributed by atoms with Crippen LogP contribution in [0.3, 0.4) is 0 Å². The Morgan fingerprint density at radius 3 is 2.91 bits per heavy atom. The Bertz CT molecular complexity index is 1170. The maximum atomic E-state index is 13.3. The number of carbonyl (C=O) groups excluding carboxylic acids is 1. The summed E-state index contributed by atoms with van der Waals surface area (Å²) in [7, 11) is 1.55. The number of methoxy groups -OCH3 is 1. The van der Waals surface area contributed by atoms with E-state index in [1.165, 1.54) is 11.8 Å². The van der Waals surface area contributed by atoms with Crippen LogP contribution in [0.25, 0.3) is 11.4 Å². The van der Waals surface area contributed by atoms with Crippen LogP contribution in [-0.2, 0) is 10.5 Å². The van der Waals surface area contributed by atoms with E-state index in [1.807, 2.05) is 30.3 Å². The number of thioether (sulfide) groups is 1. The first-order chi connectivity index (χ1) is 15.6. The molecule has 32 heavy (non-hydrogen) atoms. The molecular formula is C21H19ClN6O3S. The van der Waals surface area contributed by atoms with E-state index in [2.05, 4.69) is 21.0 Å². The van der Waals surface area contributed by atoms with E-state index >= 15 is 0 Å². The number of hydrazine groups is 1. The predicted octanol–water partition coefficient (Wildman–Crippen LogP) is 3.08. The summed E-state index contributed by atoms with van der Waals surface area (Å²) in [5, 5.41) is 4.99. The molecule has 1 amide bonds. The van der Waals surface area contributed by atoms with Crippen LogP contribution < -0.4 is 20.5 Å². The lowest BCUT2D eigenvalue weighted by molar-refractivity contribution is -0.121. The van der Waals surface area contributed by atoms with Crippen LogP contribution in [0.15, 0.2) is 58.0 Å². The first-order valence-electron chi connectivity index (χ1n) is 9.88. The lowest BCUT2D eigenvalue weighted by Gasteiger charge is -2.32. The van der Waals surface area contributed by atoms with Crippen LogP contribution >= 0.6 is 23.4 Å². The van der Waals surface area contributed by atoms with Gasteiger partial charge >= 0.3 is 0 Å². The molecule has 0 radical (unpaired) electrons. The highest BCUT2D eigenvalue weighted by atomic mass is 35.5. The van der Waals surface area contributed by atoms with Crippen LogP contribution in [0.1, 0.15) is 5.89 Å². The lowest BCUT2D eigenvalue weighted by Crippen LogP contribution is -2.49. The highest BCUT2D eigenvalue weighted by molar-refractivity contribution is 8.13. The third kappa shape index (κ3) is 3.97. The van der Waals surface area contributed by atoms with Gasteiger partial charge in [0.1, 0.15) is 11.9 Å². The number of anilines is 1. The van der Waals surface area contributed by atoms with Crippen LogP contribution in [0.5, 0.6) is 5.75 Å². The second-order valence-electron chi connectivity index (χ2n) is 7.15. The molecule has 0 saturated carbocycles. The number of hydrogen-bond donors (Lipinski definition) is 2. The van der Waals surface area contributed by atoms with Gasteiger partial charge in [0.05, 0.1) is 29.5 Å². The van der Waals surface area contributed by atoms with Gasteiger partial charge in [-0.1, -0.05) is 58.9 Å². The van der Waals surface area contributed by atoms with Crippen molar-refractivity contribution in [1.82, 2.24) is 21.0 Å². The Labute approximate surface area is 193 Å². The fourth-order valence-electron chi connectivity index (χ4n) is 3.55. The number of halogens is 1. The quantitative estimate of drug-likeness (QED) is 0.586. The third-order valence-electron chi connectivity index (χ3n) is 5.15. The van der Waals surface area contributed by atoms with Gasteiger partial charge in [-0.3, -0.25) is 15.1 Å². The lowest BCUT2D eigenvalue weighted by atomic mass is 10.0. The molecule has 2 atom stereocenters. The second kappa shape index (κ2) is 8.91. The van der Waals surface area contributed by atoms with Crippen LogP contribution in [-0.4, -0.2) is 41.0 Å². The summed E-state index contributed by atoms with van der Waals surface area (Å²) in [6.45, 7) is 0.495. The van der Waals surface area contributed by atoms with E-state index in [4.69, 9.17) is 25.9 Å². The van der Waals surface area contributed by atoms with Gasteiger partial charge in [-0.2, -0.15) is 4.98 Å².